The van der Waals surface area contributed by atoms with Crippen LogP contribution >= 0.6 is 0 Å². The summed E-state index contributed by atoms with van der Waals surface area (Å²) in [6.07, 6.45) is 0.584. The zero-order valence-corrected chi connectivity index (χ0v) is 13.8. The van der Waals surface area contributed by atoms with Crippen LogP contribution in [0, 0.1) is 10.1 Å². The summed E-state index contributed by atoms with van der Waals surface area (Å²) in [5.74, 6) is -0.854. The molecule has 0 amide bonds. The number of hydrogen-bond acceptors (Lipinski definition) is 6. The molecule has 24 heavy (non-hydrogen) atoms. The largest absolute Gasteiger partial charge is 0.481 e. The number of aliphatic carboxylic acids is 1. The fourth-order valence-corrected chi connectivity index (χ4v) is 4.19. The lowest BCUT2D eigenvalue weighted by molar-refractivity contribution is -0.387. The second-order valence-electron chi connectivity index (χ2n) is 5.47. The zero-order valence-electron chi connectivity index (χ0n) is 13.0. The first-order valence-corrected chi connectivity index (χ1v) is 8.94. The molecule has 9 nitrogen and oxygen atoms in total. The number of nitro groups is 1. The average molecular weight is 357 g/mol. The average Bonchev–Trinajstić information content (AvgIpc) is 2.55. The Kier molecular flexibility index (Phi) is 5.86. The van der Waals surface area contributed by atoms with Crippen LogP contribution < -0.4 is 0 Å². The molecule has 2 rings (SSSR count). The molecule has 0 unspecified atom stereocenters. The molecular weight excluding hydrogens is 338 g/mol. The highest BCUT2D eigenvalue weighted by Crippen LogP contribution is 2.26. The predicted octanol–water partition coefficient (Wildman–Crippen LogP) is 0.766. The van der Waals surface area contributed by atoms with Crippen molar-refractivity contribution >= 4 is 21.7 Å². The first-order valence-electron chi connectivity index (χ1n) is 7.50. The minimum Gasteiger partial charge on any atom is -0.481 e. The van der Waals surface area contributed by atoms with E-state index in [-0.39, 0.29) is 24.4 Å². The van der Waals surface area contributed by atoms with Crippen molar-refractivity contribution < 1.29 is 23.2 Å². The number of carboxylic acid groups (broad SMARTS) is 1. The van der Waals surface area contributed by atoms with E-state index in [1.807, 2.05) is 4.90 Å². The third-order valence-corrected chi connectivity index (χ3v) is 5.82. The van der Waals surface area contributed by atoms with E-state index in [2.05, 4.69) is 0 Å². The molecule has 1 aromatic rings. The quantitative estimate of drug-likeness (QED) is 0.565. The van der Waals surface area contributed by atoms with Crippen LogP contribution in [0.2, 0.25) is 0 Å². The maximum Gasteiger partial charge on any atom is 0.303 e. The van der Waals surface area contributed by atoms with E-state index in [1.54, 1.807) is 0 Å². The summed E-state index contributed by atoms with van der Waals surface area (Å²) in [7, 11) is -3.92. The van der Waals surface area contributed by atoms with Gasteiger partial charge in [-0.2, -0.15) is 4.31 Å². The molecule has 0 atom stereocenters. The van der Waals surface area contributed by atoms with Crippen LogP contribution in [0.5, 0.6) is 0 Å². The van der Waals surface area contributed by atoms with Gasteiger partial charge in [0.2, 0.25) is 10.0 Å². The molecule has 1 aromatic carbocycles. The molecule has 0 bridgehead atoms. The maximum absolute atomic E-state index is 12.6. The standard InChI is InChI=1S/C14H19N3O6S/c18-14(19)6-3-7-15-8-10-16(11-9-15)24(22,23)13-5-2-1-4-12(13)17(20)21/h1-2,4-5H,3,6-11H2,(H,18,19). The molecule has 0 aromatic heterocycles. The van der Waals surface area contributed by atoms with Crippen molar-refractivity contribution in [1.82, 2.24) is 9.21 Å². The number of nitro benzene ring substituents is 1. The number of nitrogens with zero attached hydrogens (tertiary/aromatic N) is 3. The van der Waals surface area contributed by atoms with Gasteiger partial charge in [0.1, 0.15) is 0 Å². The van der Waals surface area contributed by atoms with Gasteiger partial charge in [-0.05, 0) is 19.0 Å². The molecule has 1 heterocycles. The fraction of sp³-hybridized carbons (Fsp3) is 0.500. The van der Waals surface area contributed by atoms with Crippen LogP contribution in [0.15, 0.2) is 29.2 Å². The number of para-hydroxylation sites is 1. The number of benzene rings is 1. The van der Waals surface area contributed by atoms with E-state index in [0.29, 0.717) is 26.1 Å². The minimum absolute atomic E-state index is 0.0781. The molecule has 0 aliphatic carbocycles. The first kappa shape index (κ1) is 18.3. The third kappa shape index (κ3) is 4.28. The van der Waals surface area contributed by atoms with Crippen molar-refractivity contribution in [2.45, 2.75) is 17.7 Å². The van der Waals surface area contributed by atoms with Crippen LogP contribution in [-0.2, 0) is 14.8 Å². The van der Waals surface area contributed by atoms with Gasteiger partial charge in [0, 0.05) is 38.7 Å². The smallest absolute Gasteiger partial charge is 0.303 e. The Bertz CT molecular complexity index is 713. The number of carboxylic acids is 1. The van der Waals surface area contributed by atoms with Gasteiger partial charge in [0.15, 0.2) is 4.90 Å². The lowest BCUT2D eigenvalue weighted by Gasteiger charge is -2.33. The molecule has 1 saturated heterocycles. The van der Waals surface area contributed by atoms with Crippen LogP contribution in [0.4, 0.5) is 5.69 Å². The predicted molar refractivity (Wildman–Crippen MR) is 85.2 cm³/mol. The van der Waals surface area contributed by atoms with Gasteiger partial charge in [-0.1, -0.05) is 12.1 Å². The number of piperazine rings is 1. The second kappa shape index (κ2) is 7.69. The molecule has 132 valence electrons. The normalized spacial score (nSPS) is 16.8. The van der Waals surface area contributed by atoms with Gasteiger partial charge in [-0.25, -0.2) is 8.42 Å². The van der Waals surface area contributed by atoms with Crippen molar-refractivity contribution in [2.75, 3.05) is 32.7 Å². The van der Waals surface area contributed by atoms with Crippen molar-refractivity contribution in [3.63, 3.8) is 0 Å². The number of sulfonamides is 1. The molecule has 1 aliphatic heterocycles. The Hall–Kier alpha value is -2.04. The van der Waals surface area contributed by atoms with Crippen LogP contribution in [0.25, 0.3) is 0 Å². The molecule has 10 heteroatoms. The molecular formula is C14H19N3O6S. The second-order valence-corrected chi connectivity index (χ2v) is 7.37. The van der Waals surface area contributed by atoms with Gasteiger partial charge >= 0.3 is 5.97 Å². The lowest BCUT2D eigenvalue weighted by atomic mass is 10.2. The fourth-order valence-electron chi connectivity index (χ4n) is 2.61. The zero-order chi connectivity index (χ0) is 17.7. The topological polar surface area (TPSA) is 121 Å². The van der Waals surface area contributed by atoms with Crippen LogP contribution in [-0.4, -0.2) is 66.3 Å². The van der Waals surface area contributed by atoms with E-state index in [0.717, 1.165) is 0 Å². The van der Waals surface area contributed by atoms with Crippen molar-refractivity contribution in [3.05, 3.63) is 34.4 Å². The highest BCUT2D eigenvalue weighted by Gasteiger charge is 2.33. The summed E-state index contributed by atoms with van der Waals surface area (Å²) in [4.78, 5) is 22.5. The highest BCUT2D eigenvalue weighted by atomic mass is 32.2. The molecule has 0 radical (unpaired) electrons. The molecule has 1 fully saturated rings. The van der Waals surface area contributed by atoms with Crippen molar-refractivity contribution in [1.29, 1.82) is 0 Å². The van der Waals surface area contributed by atoms with E-state index in [1.165, 1.54) is 28.6 Å². The maximum atomic E-state index is 12.6. The SMILES string of the molecule is O=C(O)CCCN1CCN(S(=O)(=O)c2ccccc2[N+](=O)[O-])CC1. The Morgan fingerprint density at radius 3 is 2.42 bits per heavy atom. The summed E-state index contributed by atoms with van der Waals surface area (Å²) < 4.78 is 26.5. The van der Waals surface area contributed by atoms with Gasteiger partial charge in [0.05, 0.1) is 4.92 Å². The number of hydrogen-bond donors (Lipinski definition) is 1. The first-order chi connectivity index (χ1) is 11.3. The Labute approximate surface area is 139 Å². The lowest BCUT2D eigenvalue weighted by Crippen LogP contribution is -2.48. The summed E-state index contributed by atoms with van der Waals surface area (Å²) >= 11 is 0. The monoisotopic (exact) mass is 357 g/mol. The Balaban J connectivity index is 2.03. The van der Waals surface area contributed by atoms with Crippen LogP contribution in [0.1, 0.15) is 12.8 Å². The summed E-state index contributed by atoms with van der Waals surface area (Å²) in [5, 5.41) is 19.7. The van der Waals surface area contributed by atoms with Gasteiger partial charge in [0.25, 0.3) is 5.69 Å². The summed E-state index contributed by atoms with van der Waals surface area (Å²) in [6.45, 7) is 1.98. The number of rotatable bonds is 7. The summed E-state index contributed by atoms with van der Waals surface area (Å²) in [6, 6.07) is 5.31. The van der Waals surface area contributed by atoms with E-state index >= 15 is 0 Å². The van der Waals surface area contributed by atoms with Gasteiger partial charge in [-0.3, -0.25) is 14.9 Å². The summed E-state index contributed by atoms with van der Waals surface area (Å²) in [5.41, 5.74) is -0.429. The van der Waals surface area contributed by atoms with Gasteiger partial charge < -0.3 is 10.0 Å². The highest BCUT2D eigenvalue weighted by molar-refractivity contribution is 7.89. The minimum atomic E-state index is -3.92. The Morgan fingerprint density at radius 2 is 1.83 bits per heavy atom. The van der Waals surface area contributed by atoms with Gasteiger partial charge in [-0.15, -0.1) is 0 Å². The molecule has 1 aliphatic rings. The van der Waals surface area contributed by atoms with E-state index in [9.17, 15) is 23.3 Å². The molecule has 0 saturated carbocycles. The van der Waals surface area contributed by atoms with Crippen molar-refractivity contribution in [2.24, 2.45) is 0 Å². The number of carbonyl (C=O) groups is 1. The molecule has 0 spiro atoms. The third-order valence-electron chi connectivity index (χ3n) is 3.88. The van der Waals surface area contributed by atoms with E-state index in [4.69, 9.17) is 5.11 Å². The van der Waals surface area contributed by atoms with Crippen molar-refractivity contribution in [3.8, 4) is 0 Å². The molecule has 1 N–H and O–H groups in total. The Morgan fingerprint density at radius 1 is 1.21 bits per heavy atom. The van der Waals surface area contributed by atoms with E-state index < -0.39 is 26.6 Å². The van der Waals surface area contributed by atoms with Crippen LogP contribution in [0.3, 0.4) is 0 Å².